The zero-order chi connectivity index (χ0) is 11.4. The highest BCUT2D eigenvalue weighted by Gasteiger charge is 2.29. The lowest BCUT2D eigenvalue weighted by molar-refractivity contribution is 0.228. The summed E-state index contributed by atoms with van der Waals surface area (Å²) in [6, 6.07) is 0.469. The molecule has 0 atom stereocenters. The summed E-state index contributed by atoms with van der Waals surface area (Å²) >= 11 is 0. The fourth-order valence-electron chi connectivity index (χ4n) is 3.01. The summed E-state index contributed by atoms with van der Waals surface area (Å²) in [4.78, 5) is 11.7. The third kappa shape index (κ3) is 3.13. The third-order valence-electron chi connectivity index (χ3n) is 4.18. The number of carbonyl (C=O) groups is 1. The van der Waals surface area contributed by atoms with E-state index in [0.29, 0.717) is 11.5 Å². The van der Waals surface area contributed by atoms with Crippen molar-refractivity contribution in [1.29, 1.82) is 0 Å². The van der Waals surface area contributed by atoms with Crippen LogP contribution in [0.1, 0.15) is 58.3 Å². The monoisotopic (exact) mass is 224 g/mol. The second kappa shape index (κ2) is 5.07. The summed E-state index contributed by atoms with van der Waals surface area (Å²) in [5.74, 6) is 0. The van der Waals surface area contributed by atoms with Crippen molar-refractivity contribution in [3.8, 4) is 0 Å². The van der Waals surface area contributed by atoms with Crippen LogP contribution in [0.2, 0.25) is 0 Å². The Morgan fingerprint density at radius 1 is 1.19 bits per heavy atom. The number of hydrogen-bond donors (Lipinski definition) is 2. The molecule has 0 spiro atoms. The molecule has 2 amide bonds. The highest BCUT2D eigenvalue weighted by atomic mass is 16.2. The first-order chi connectivity index (χ1) is 7.68. The Morgan fingerprint density at radius 3 is 2.44 bits per heavy atom. The van der Waals surface area contributed by atoms with Gasteiger partial charge in [0.15, 0.2) is 0 Å². The van der Waals surface area contributed by atoms with E-state index >= 15 is 0 Å². The van der Waals surface area contributed by atoms with Crippen LogP contribution in [-0.4, -0.2) is 18.6 Å². The van der Waals surface area contributed by atoms with Crippen molar-refractivity contribution in [3.63, 3.8) is 0 Å². The van der Waals surface area contributed by atoms with Crippen molar-refractivity contribution in [1.82, 2.24) is 10.6 Å². The number of hydrogen-bond acceptors (Lipinski definition) is 1. The first kappa shape index (κ1) is 11.7. The minimum absolute atomic E-state index is 0.0417. The number of rotatable bonds is 3. The molecule has 0 aliphatic heterocycles. The Bertz CT molecular complexity index is 240. The molecule has 0 unspecified atom stereocenters. The number of urea groups is 1. The van der Waals surface area contributed by atoms with Gasteiger partial charge < -0.3 is 10.6 Å². The molecule has 3 nitrogen and oxygen atoms in total. The molecule has 92 valence electrons. The van der Waals surface area contributed by atoms with Gasteiger partial charge in [0, 0.05) is 12.6 Å². The molecule has 0 aromatic carbocycles. The highest BCUT2D eigenvalue weighted by molar-refractivity contribution is 5.74. The van der Waals surface area contributed by atoms with Gasteiger partial charge in [-0.05, 0) is 31.1 Å². The molecule has 3 heteroatoms. The Balaban J connectivity index is 1.66. The van der Waals surface area contributed by atoms with Gasteiger partial charge in [0.25, 0.3) is 0 Å². The molecular formula is C13H24N2O. The standard InChI is InChI=1S/C13H24N2O/c1-13(8-4-5-9-13)10-14-12(16)15-11-6-2-3-7-11/h11H,2-10H2,1H3,(H2,14,15,16). The van der Waals surface area contributed by atoms with E-state index in [1.165, 1.54) is 38.5 Å². The lowest BCUT2D eigenvalue weighted by Crippen LogP contribution is -2.44. The largest absolute Gasteiger partial charge is 0.338 e. The van der Waals surface area contributed by atoms with E-state index in [1.54, 1.807) is 0 Å². The van der Waals surface area contributed by atoms with E-state index in [2.05, 4.69) is 17.6 Å². The van der Waals surface area contributed by atoms with Crippen LogP contribution in [0.3, 0.4) is 0 Å². The summed E-state index contributed by atoms with van der Waals surface area (Å²) in [6.45, 7) is 3.13. The quantitative estimate of drug-likeness (QED) is 0.760. The number of amides is 2. The number of nitrogens with one attached hydrogen (secondary N) is 2. The predicted molar refractivity (Wildman–Crippen MR) is 65.4 cm³/mol. The minimum atomic E-state index is 0.0417. The zero-order valence-corrected chi connectivity index (χ0v) is 10.3. The maximum atomic E-state index is 11.7. The van der Waals surface area contributed by atoms with Gasteiger partial charge in [0.1, 0.15) is 0 Å². The van der Waals surface area contributed by atoms with Gasteiger partial charge in [0.2, 0.25) is 0 Å². The maximum absolute atomic E-state index is 11.7. The highest BCUT2D eigenvalue weighted by Crippen LogP contribution is 2.36. The number of carbonyl (C=O) groups excluding carboxylic acids is 1. The summed E-state index contributed by atoms with van der Waals surface area (Å²) < 4.78 is 0. The van der Waals surface area contributed by atoms with Gasteiger partial charge >= 0.3 is 6.03 Å². The van der Waals surface area contributed by atoms with Crippen LogP contribution >= 0.6 is 0 Å². The summed E-state index contributed by atoms with van der Waals surface area (Å²) in [5, 5.41) is 6.11. The molecule has 0 radical (unpaired) electrons. The Labute approximate surface area is 98.4 Å². The van der Waals surface area contributed by atoms with Crippen LogP contribution in [0.25, 0.3) is 0 Å². The molecule has 16 heavy (non-hydrogen) atoms. The topological polar surface area (TPSA) is 41.1 Å². The molecule has 0 aromatic heterocycles. The van der Waals surface area contributed by atoms with E-state index in [9.17, 15) is 4.79 Å². The second-order valence-corrected chi connectivity index (χ2v) is 5.83. The molecular weight excluding hydrogens is 200 g/mol. The Hall–Kier alpha value is -0.730. The predicted octanol–water partition coefficient (Wildman–Crippen LogP) is 2.81. The fraction of sp³-hybridized carbons (Fsp3) is 0.923. The maximum Gasteiger partial charge on any atom is 0.315 e. The minimum Gasteiger partial charge on any atom is -0.338 e. The van der Waals surface area contributed by atoms with E-state index < -0.39 is 0 Å². The average molecular weight is 224 g/mol. The van der Waals surface area contributed by atoms with Gasteiger partial charge in [-0.1, -0.05) is 32.6 Å². The van der Waals surface area contributed by atoms with Gasteiger partial charge in [-0.25, -0.2) is 4.79 Å². The molecule has 2 aliphatic rings. The van der Waals surface area contributed by atoms with Crippen molar-refractivity contribution in [2.45, 2.75) is 64.3 Å². The molecule has 2 aliphatic carbocycles. The smallest absolute Gasteiger partial charge is 0.315 e. The molecule has 2 N–H and O–H groups in total. The van der Waals surface area contributed by atoms with Crippen LogP contribution in [0.4, 0.5) is 4.79 Å². The lowest BCUT2D eigenvalue weighted by Gasteiger charge is -2.24. The SMILES string of the molecule is CC1(CNC(=O)NC2CCCC2)CCCC1. The van der Waals surface area contributed by atoms with E-state index in [-0.39, 0.29) is 6.03 Å². The van der Waals surface area contributed by atoms with Crippen molar-refractivity contribution in [2.75, 3.05) is 6.54 Å². The Kier molecular flexibility index (Phi) is 3.72. The third-order valence-corrected chi connectivity index (χ3v) is 4.18. The first-order valence-corrected chi connectivity index (χ1v) is 6.72. The van der Waals surface area contributed by atoms with Crippen molar-refractivity contribution >= 4 is 6.03 Å². The normalized spacial score (nSPS) is 24.6. The molecule has 2 fully saturated rings. The molecule has 0 aromatic rings. The summed E-state index contributed by atoms with van der Waals surface area (Å²) in [6.07, 6.45) is 10.0. The average Bonchev–Trinajstić information content (AvgIpc) is 2.88. The molecule has 2 rings (SSSR count). The van der Waals surface area contributed by atoms with Crippen molar-refractivity contribution < 1.29 is 4.79 Å². The van der Waals surface area contributed by atoms with E-state index in [4.69, 9.17) is 0 Å². The van der Waals surface area contributed by atoms with Gasteiger partial charge in [0.05, 0.1) is 0 Å². The van der Waals surface area contributed by atoms with Crippen molar-refractivity contribution in [2.24, 2.45) is 5.41 Å². The molecule has 0 bridgehead atoms. The van der Waals surface area contributed by atoms with Gasteiger partial charge in [-0.3, -0.25) is 0 Å². The van der Waals surface area contributed by atoms with E-state index in [0.717, 1.165) is 19.4 Å². The second-order valence-electron chi connectivity index (χ2n) is 5.83. The van der Waals surface area contributed by atoms with Crippen molar-refractivity contribution in [3.05, 3.63) is 0 Å². The van der Waals surface area contributed by atoms with Crippen LogP contribution in [0.15, 0.2) is 0 Å². The summed E-state index contributed by atoms with van der Waals surface area (Å²) in [5.41, 5.74) is 0.354. The van der Waals surface area contributed by atoms with E-state index in [1.807, 2.05) is 0 Å². The molecule has 2 saturated carbocycles. The van der Waals surface area contributed by atoms with Crippen LogP contribution < -0.4 is 10.6 Å². The molecule has 0 saturated heterocycles. The van der Waals surface area contributed by atoms with Gasteiger partial charge in [-0.15, -0.1) is 0 Å². The zero-order valence-electron chi connectivity index (χ0n) is 10.3. The van der Waals surface area contributed by atoms with Crippen LogP contribution in [0.5, 0.6) is 0 Å². The van der Waals surface area contributed by atoms with Gasteiger partial charge in [-0.2, -0.15) is 0 Å². The first-order valence-electron chi connectivity index (χ1n) is 6.72. The van der Waals surface area contributed by atoms with Crippen LogP contribution in [-0.2, 0) is 0 Å². The van der Waals surface area contributed by atoms with Crippen LogP contribution in [0, 0.1) is 5.41 Å². The fourth-order valence-corrected chi connectivity index (χ4v) is 3.01. The Morgan fingerprint density at radius 2 is 1.81 bits per heavy atom. The lowest BCUT2D eigenvalue weighted by atomic mass is 9.89. The molecule has 0 heterocycles. The summed E-state index contributed by atoms with van der Waals surface area (Å²) in [7, 11) is 0.